The lowest BCUT2D eigenvalue weighted by Gasteiger charge is -2.23. The zero-order chi connectivity index (χ0) is 19.9. The molecule has 146 valence electrons. The van der Waals surface area contributed by atoms with Gasteiger partial charge in [-0.3, -0.25) is 9.10 Å². The molecule has 0 aliphatic rings. The van der Waals surface area contributed by atoms with Gasteiger partial charge in [0.1, 0.15) is 6.54 Å². The number of hydrogen-bond donors (Lipinski definition) is 1. The number of halogens is 1. The van der Waals surface area contributed by atoms with E-state index in [-0.39, 0.29) is 12.5 Å². The molecule has 1 N–H and O–H groups in total. The second-order valence-electron chi connectivity index (χ2n) is 6.09. The van der Waals surface area contributed by atoms with Crippen LogP contribution in [0.4, 0.5) is 5.69 Å². The third-order valence-corrected chi connectivity index (χ3v) is 6.19. The zero-order valence-electron chi connectivity index (χ0n) is 15.3. The Labute approximate surface area is 170 Å². The van der Waals surface area contributed by atoms with Crippen molar-refractivity contribution in [3.8, 4) is 0 Å². The minimum Gasteiger partial charge on any atom is -0.354 e. The van der Waals surface area contributed by atoms with Crippen molar-refractivity contribution in [3.05, 3.63) is 64.7 Å². The van der Waals surface area contributed by atoms with Crippen molar-refractivity contribution in [1.82, 2.24) is 5.32 Å². The number of amides is 1. The molecular formula is C19H23ClN2O3S2. The summed E-state index contributed by atoms with van der Waals surface area (Å²) in [6.45, 7) is 1.98. The van der Waals surface area contributed by atoms with Crippen molar-refractivity contribution in [2.45, 2.75) is 12.7 Å². The molecule has 0 spiro atoms. The molecule has 0 saturated carbocycles. The van der Waals surface area contributed by atoms with Gasteiger partial charge in [0, 0.05) is 23.1 Å². The number of rotatable bonds is 9. The molecule has 0 atom stereocenters. The summed E-state index contributed by atoms with van der Waals surface area (Å²) in [4.78, 5) is 12.2. The molecule has 27 heavy (non-hydrogen) atoms. The predicted molar refractivity (Wildman–Crippen MR) is 114 cm³/mol. The average Bonchev–Trinajstić information content (AvgIpc) is 2.60. The first-order valence-electron chi connectivity index (χ1n) is 8.39. The van der Waals surface area contributed by atoms with Gasteiger partial charge in [-0.25, -0.2) is 8.42 Å². The van der Waals surface area contributed by atoms with Crippen LogP contribution in [-0.2, 0) is 20.6 Å². The summed E-state index contributed by atoms with van der Waals surface area (Å²) in [5.74, 6) is 1.28. The van der Waals surface area contributed by atoms with Crippen LogP contribution < -0.4 is 9.62 Å². The number of sulfonamides is 1. The minimum atomic E-state index is -3.60. The maximum Gasteiger partial charge on any atom is 0.240 e. The number of hydrogen-bond acceptors (Lipinski definition) is 4. The van der Waals surface area contributed by atoms with E-state index in [4.69, 9.17) is 11.6 Å². The summed E-state index contributed by atoms with van der Waals surface area (Å²) in [6, 6.07) is 15.0. The predicted octanol–water partition coefficient (Wildman–Crippen LogP) is 3.46. The fourth-order valence-corrected chi connectivity index (χ4v) is 4.45. The quantitative estimate of drug-likeness (QED) is 0.623. The highest BCUT2D eigenvalue weighted by atomic mass is 35.5. The van der Waals surface area contributed by atoms with E-state index in [0.29, 0.717) is 22.8 Å². The maximum absolute atomic E-state index is 12.2. The SMILES string of the molecule is Cc1cc(Cl)ccc1N(CC(=O)NCCSCc1ccccc1)S(C)(=O)=O. The molecule has 0 bridgehead atoms. The Balaban J connectivity index is 1.87. The highest BCUT2D eigenvalue weighted by Crippen LogP contribution is 2.25. The van der Waals surface area contributed by atoms with Gasteiger partial charge in [-0.1, -0.05) is 41.9 Å². The molecule has 5 nitrogen and oxygen atoms in total. The van der Waals surface area contributed by atoms with Gasteiger partial charge < -0.3 is 5.32 Å². The third kappa shape index (κ3) is 7.08. The summed E-state index contributed by atoms with van der Waals surface area (Å²) in [5.41, 5.74) is 2.38. The second kappa shape index (κ2) is 10.0. The van der Waals surface area contributed by atoms with Gasteiger partial charge in [0.25, 0.3) is 0 Å². The van der Waals surface area contributed by atoms with Crippen LogP contribution in [0.15, 0.2) is 48.5 Å². The van der Waals surface area contributed by atoms with E-state index in [0.717, 1.165) is 22.1 Å². The maximum atomic E-state index is 12.2. The molecule has 0 radical (unpaired) electrons. The van der Waals surface area contributed by atoms with Crippen LogP contribution >= 0.6 is 23.4 Å². The Morgan fingerprint density at radius 2 is 1.89 bits per heavy atom. The Hall–Kier alpha value is -1.70. The molecule has 1 amide bonds. The fourth-order valence-electron chi connectivity index (χ4n) is 2.49. The van der Waals surface area contributed by atoms with Crippen LogP contribution in [0.25, 0.3) is 0 Å². The van der Waals surface area contributed by atoms with Gasteiger partial charge in [-0.05, 0) is 36.2 Å². The Bertz CT molecular complexity index is 874. The van der Waals surface area contributed by atoms with Crippen LogP contribution in [0.5, 0.6) is 0 Å². The molecule has 0 aromatic heterocycles. The van der Waals surface area contributed by atoms with Crippen LogP contribution in [-0.4, -0.2) is 39.4 Å². The first-order chi connectivity index (χ1) is 12.8. The minimum absolute atomic E-state index is 0.259. The molecule has 0 aliphatic carbocycles. The van der Waals surface area contributed by atoms with Gasteiger partial charge in [-0.15, -0.1) is 0 Å². The van der Waals surface area contributed by atoms with Crippen molar-refractivity contribution >= 4 is 45.0 Å². The molecular weight excluding hydrogens is 404 g/mol. The molecule has 2 aromatic carbocycles. The molecule has 2 aromatic rings. The Kier molecular flexibility index (Phi) is 8.01. The number of thioether (sulfide) groups is 1. The topological polar surface area (TPSA) is 66.5 Å². The van der Waals surface area contributed by atoms with E-state index < -0.39 is 10.0 Å². The number of aryl methyl sites for hydroxylation is 1. The molecule has 0 heterocycles. The van der Waals surface area contributed by atoms with E-state index in [9.17, 15) is 13.2 Å². The lowest BCUT2D eigenvalue weighted by Crippen LogP contribution is -2.41. The van der Waals surface area contributed by atoms with E-state index in [1.165, 1.54) is 5.56 Å². The van der Waals surface area contributed by atoms with Crippen molar-refractivity contribution in [2.24, 2.45) is 0 Å². The standard InChI is InChI=1S/C19H23ClN2O3S2/c1-15-12-17(20)8-9-18(15)22(27(2,24)25)13-19(23)21-10-11-26-14-16-6-4-3-5-7-16/h3-9,12H,10-11,13-14H2,1-2H3,(H,21,23). The van der Waals surface area contributed by atoms with Crippen molar-refractivity contribution < 1.29 is 13.2 Å². The van der Waals surface area contributed by atoms with E-state index in [1.54, 1.807) is 36.9 Å². The Morgan fingerprint density at radius 1 is 1.19 bits per heavy atom. The lowest BCUT2D eigenvalue weighted by molar-refractivity contribution is -0.119. The first kappa shape index (κ1) is 21.6. The number of carbonyl (C=O) groups excluding carboxylic acids is 1. The molecule has 0 unspecified atom stereocenters. The fraction of sp³-hybridized carbons (Fsp3) is 0.316. The molecule has 0 aliphatic heterocycles. The highest BCUT2D eigenvalue weighted by Gasteiger charge is 2.22. The largest absolute Gasteiger partial charge is 0.354 e. The number of anilines is 1. The van der Waals surface area contributed by atoms with Crippen LogP contribution in [0.2, 0.25) is 5.02 Å². The number of nitrogens with one attached hydrogen (secondary N) is 1. The van der Waals surface area contributed by atoms with Gasteiger partial charge in [-0.2, -0.15) is 11.8 Å². The van der Waals surface area contributed by atoms with Crippen LogP contribution in [0.3, 0.4) is 0 Å². The monoisotopic (exact) mass is 426 g/mol. The smallest absolute Gasteiger partial charge is 0.240 e. The van der Waals surface area contributed by atoms with Crippen molar-refractivity contribution in [2.75, 3.05) is 29.4 Å². The van der Waals surface area contributed by atoms with Crippen LogP contribution in [0.1, 0.15) is 11.1 Å². The van der Waals surface area contributed by atoms with Gasteiger partial charge >= 0.3 is 0 Å². The summed E-state index contributed by atoms with van der Waals surface area (Å²) >= 11 is 7.65. The number of carbonyl (C=O) groups is 1. The zero-order valence-corrected chi connectivity index (χ0v) is 17.7. The average molecular weight is 427 g/mol. The van der Waals surface area contributed by atoms with Crippen LogP contribution in [0, 0.1) is 6.92 Å². The van der Waals surface area contributed by atoms with Gasteiger partial charge in [0.15, 0.2) is 0 Å². The summed E-state index contributed by atoms with van der Waals surface area (Å²) in [7, 11) is -3.60. The second-order valence-corrected chi connectivity index (χ2v) is 9.54. The van der Waals surface area contributed by atoms with Gasteiger partial charge in [0.2, 0.25) is 15.9 Å². The normalized spacial score (nSPS) is 11.2. The first-order valence-corrected chi connectivity index (χ1v) is 11.8. The highest BCUT2D eigenvalue weighted by molar-refractivity contribution is 7.98. The molecule has 8 heteroatoms. The number of benzene rings is 2. The molecule has 0 saturated heterocycles. The van der Waals surface area contributed by atoms with Gasteiger partial charge in [0.05, 0.1) is 11.9 Å². The molecule has 2 rings (SSSR count). The van der Waals surface area contributed by atoms with E-state index >= 15 is 0 Å². The van der Waals surface area contributed by atoms with E-state index in [2.05, 4.69) is 17.4 Å². The van der Waals surface area contributed by atoms with E-state index in [1.807, 2.05) is 18.2 Å². The summed E-state index contributed by atoms with van der Waals surface area (Å²) < 4.78 is 25.4. The third-order valence-electron chi connectivity index (χ3n) is 3.80. The number of nitrogens with zero attached hydrogens (tertiary/aromatic N) is 1. The van der Waals surface area contributed by atoms with Crippen molar-refractivity contribution in [1.29, 1.82) is 0 Å². The van der Waals surface area contributed by atoms with Crippen molar-refractivity contribution in [3.63, 3.8) is 0 Å². The summed E-state index contributed by atoms with van der Waals surface area (Å²) in [6.07, 6.45) is 1.09. The Morgan fingerprint density at radius 3 is 2.52 bits per heavy atom. The summed E-state index contributed by atoms with van der Waals surface area (Å²) in [5, 5.41) is 3.30. The molecule has 0 fully saturated rings. The lowest BCUT2D eigenvalue weighted by atomic mass is 10.2.